The van der Waals surface area contributed by atoms with Crippen LogP contribution in [0.3, 0.4) is 0 Å². The van der Waals surface area contributed by atoms with Gasteiger partial charge in [0, 0.05) is 0 Å². The lowest BCUT2D eigenvalue weighted by Crippen LogP contribution is -2.50. The average molecular weight is 429 g/mol. The van der Waals surface area contributed by atoms with Gasteiger partial charge >= 0.3 is 11.9 Å². The van der Waals surface area contributed by atoms with E-state index in [9.17, 15) is 27.6 Å². The summed E-state index contributed by atoms with van der Waals surface area (Å²) in [5.74, 6) is -4.51. The van der Waals surface area contributed by atoms with Gasteiger partial charge in [-0.3, -0.25) is 19.2 Å². The van der Waals surface area contributed by atoms with Gasteiger partial charge in [-0.1, -0.05) is 17.7 Å². The van der Waals surface area contributed by atoms with Crippen LogP contribution in [0, 0.1) is 6.92 Å². The fourth-order valence-electron chi connectivity index (χ4n) is 2.10. The summed E-state index contributed by atoms with van der Waals surface area (Å²) in [7, 11) is -4.30. The Bertz CT molecular complexity index is 846. The molecule has 2 atom stereocenters. The van der Waals surface area contributed by atoms with Crippen LogP contribution < -0.4 is 10.6 Å². The third-order valence-electron chi connectivity index (χ3n) is 3.79. The Hall–Kier alpha value is -2.99. The second-order valence-electron chi connectivity index (χ2n) is 6.34. The lowest BCUT2D eigenvalue weighted by molar-refractivity contribution is -0.141. The molecule has 1 rings (SSSR count). The topological polar surface area (TPSA) is 170 Å². The molecule has 4 N–H and O–H groups in total. The first-order valence-corrected chi connectivity index (χ1v) is 9.89. The van der Waals surface area contributed by atoms with Crippen molar-refractivity contribution in [3.63, 3.8) is 0 Å². The molecule has 0 unspecified atom stereocenters. The predicted molar refractivity (Wildman–Crippen MR) is 100 cm³/mol. The van der Waals surface area contributed by atoms with E-state index in [0.29, 0.717) is 4.31 Å². The number of aryl methyl sites for hydroxylation is 1. The van der Waals surface area contributed by atoms with Gasteiger partial charge in [-0.2, -0.15) is 4.31 Å². The Morgan fingerprint density at radius 1 is 0.897 bits per heavy atom. The molecule has 0 aliphatic heterocycles. The van der Waals surface area contributed by atoms with Crippen molar-refractivity contribution in [1.29, 1.82) is 0 Å². The summed E-state index contributed by atoms with van der Waals surface area (Å²) in [5, 5.41) is 21.9. The molecule has 0 fully saturated rings. The molecule has 0 saturated carbocycles. The van der Waals surface area contributed by atoms with Gasteiger partial charge in [0.25, 0.3) is 0 Å². The minimum Gasteiger partial charge on any atom is -0.480 e. The van der Waals surface area contributed by atoms with E-state index in [1.807, 2.05) is 0 Å². The second kappa shape index (κ2) is 9.98. The van der Waals surface area contributed by atoms with Crippen molar-refractivity contribution in [3.8, 4) is 0 Å². The van der Waals surface area contributed by atoms with Crippen LogP contribution in [0.25, 0.3) is 0 Å². The fourth-order valence-corrected chi connectivity index (χ4v) is 3.46. The smallest absolute Gasteiger partial charge is 0.325 e. The van der Waals surface area contributed by atoms with Crippen molar-refractivity contribution in [3.05, 3.63) is 29.8 Å². The molecule has 0 aromatic heterocycles. The fraction of sp³-hybridized carbons (Fsp3) is 0.412. The summed E-state index contributed by atoms with van der Waals surface area (Å²) >= 11 is 0. The molecule has 0 heterocycles. The third-order valence-corrected chi connectivity index (χ3v) is 5.60. The molecule has 1 aromatic rings. The van der Waals surface area contributed by atoms with Gasteiger partial charge in [-0.15, -0.1) is 0 Å². The first kappa shape index (κ1) is 24.0. The first-order chi connectivity index (χ1) is 13.3. The summed E-state index contributed by atoms with van der Waals surface area (Å²) in [4.78, 5) is 45.8. The van der Waals surface area contributed by atoms with Gasteiger partial charge in [0.05, 0.1) is 18.0 Å². The van der Waals surface area contributed by atoms with Crippen LogP contribution >= 0.6 is 0 Å². The molecular formula is C17H23N3O8S. The minimum absolute atomic E-state index is 0.179. The molecule has 29 heavy (non-hydrogen) atoms. The highest BCUT2D eigenvalue weighted by Gasteiger charge is 2.30. The molecule has 1 aromatic carbocycles. The highest BCUT2D eigenvalue weighted by atomic mass is 32.2. The van der Waals surface area contributed by atoms with Crippen molar-refractivity contribution in [2.24, 2.45) is 0 Å². The highest BCUT2D eigenvalue weighted by molar-refractivity contribution is 7.89. The largest absolute Gasteiger partial charge is 0.480 e. The Morgan fingerprint density at radius 3 is 1.62 bits per heavy atom. The molecule has 12 heteroatoms. The van der Waals surface area contributed by atoms with Crippen LogP contribution in [0.15, 0.2) is 29.2 Å². The van der Waals surface area contributed by atoms with Crippen LogP contribution in [-0.4, -0.2) is 71.9 Å². The number of carboxylic acids is 2. The van der Waals surface area contributed by atoms with Gasteiger partial charge in [0.1, 0.15) is 12.1 Å². The quantitative estimate of drug-likeness (QED) is 0.373. The number of nitrogens with zero attached hydrogens (tertiary/aromatic N) is 1. The van der Waals surface area contributed by atoms with E-state index in [2.05, 4.69) is 10.6 Å². The maximum Gasteiger partial charge on any atom is 0.325 e. The van der Waals surface area contributed by atoms with Gasteiger partial charge in [-0.05, 0) is 32.9 Å². The monoisotopic (exact) mass is 429 g/mol. The number of hydrogen-bond donors (Lipinski definition) is 4. The number of rotatable bonds is 10. The zero-order chi connectivity index (χ0) is 22.4. The Balaban J connectivity index is 3.11. The number of aliphatic carboxylic acids is 2. The van der Waals surface area contributed by atoms with Crippen LogP contribution in [0.4, 0.5) is 0 Å². The van der Waals surface area contributed by atoms with Crippen LogP contribution in [-0.2, 0) is 29.2 Å². The molecular weight excluding hydrogens is 406 g/mol. The SMILES string of the molecule is Cc1ccc(S(=O)(=O)N(CC(=O)N[C@@H](C)C(=O)O)CC(=O)N[C@@H](C)C(=O)O)cc1. The number of carboxylic acid groups (broad SMARTS) is 2. The standard InChI is InChI=1S/C17H23N3O8S/c1-10-4-6-13(7-5-10)29(27,28)20(8-14(21)18-11(2)16(23)24)9-15(22)19-12(3)17(25)26/h4-7,11-12H,8-9H2,1-3H3,(H,18,21)(H,19,22)(H,23,24)(H,25,26)/t11-,12-/m0/s1. The Labute approximate surface area is 167 Å². The first-order valence-electron chi connectivity index (χ1n) is 8.45. The number of benzene rings is 1. The van der Waals surface area contributed by atoms with Gasteiger partial charge < -0.3 is 20.8 Å². The number of sulfonamides is 1. The molecule has 2 amide bonds. The highest BCUT2D eigenvalue weighted by Crippen LogP contribution is 2.16. The van der Waals surface area contributed by atoms with Crippen molar-refractivity contribution < 1.29 is 37.8 Å². The summed E-state index contributed by atoms with van der Waals surface area (Å²) in [5.41, 5.74) is 0.788. The van der Waals surface area contributed by atoms with E-state index in [1.54, 1.807) is 6.92 Å². The van der Waals surface area contributed by atoms with Crippen molar-refractivity contribution in [1.82, 2.24) is 14.9 Å². The van der Waals surface area contributed by atoms with Crippen molar-refractivity contribution in [2.45, 2.75) is 37.8 Å². The Morgan fingerprint density at radius 2 is 1.28 bits per heavy atom. The van der Waals surface area contributed by atoms with E-state index in [-0.39, 0.29) is 4.90 Å². The van der Waals surface area contributed by atoms with Gasteiger partial charge in [-0.25, -0.2) is 8.42 Å². The van der Waals surface area contributed by atoms with E-state index < -0.39 is 58.9 Å². The Kier molecular flexibility index (Phi) is 8.28. The van der Waals surface area contributed by atoms with Gasteiger partial charge in [0.2, 0.25) is 21.8 Å². The molecule has 0 radical (unpaired) electrons. The van der Waals surface area contributed by atoms with Gasteiger partial charge in [0.15, 0.2) is 0 Å². The molecule has 0 spiro atoms. The summed E-state index contributed by atoms with van der Waals surface area (Å²) in [6.07, 6.45) is 0. The molecule has 0 aliphatic carbocycles. The van der Waals surface area contributed by atoms with E-state index in [0.717, 1.165) is 5.56 Å². The van der Waals surface area contributed by atoms with Crippen molar-refractivity contribution >= 4 is 33.8 Å². The van der Waals surface area contributed by atoms with Crippen LogP contribution in [0.1, 0.15) is 19.4 Å². The van der Waals surface area contributed by atoms with E-state index in [1.165, 1.54) is 38.1 Å². The average Bonchev–Trinajstić information content (AvgIpc) is 2.61. The molecule has 160 valence electrons. The minimum atomic E-state index is -4.30. The third kappa shape index (κ3) is 7.16. The summed E-state index contributed by atoms with van der Waals surface area (Å²) in [6, 6.07) is 3.12. The number of carbonyl (C=O) groups excluding carboxylic acids is 2. The molecule has 0 aliphatic rings. The van der Waals surface area contributed by atoms with Crippen LogP contribution in [0.2, 0.25) is 0 Å². The number of hydrogen-bond acceptors (Lipinski definition) is 6. The predicted octanol–water partition coefficient (Wildman–Crippen LogP) is -0.836. The zero-order valence-electron chi connectivity index (χ0n) is 16.1. The number of carbonyl (C=O) groups is 4. The lowest BCUT2D eigenvalue weighted by Gasteiger charge is -2.22. The summed E-state index contributed by atoms with van der Waals surface area (Å²) < 4.78 is 26.3. The normalized spacial score (nSPS) is 13.4. The molecule has 0 bridgehead atoms. The summed E-state index contributed by atoms with van der Waals surface area (Å²) in [6.45, 7) is 2.47. The number of nitrogens with one attached hydrogen (secondary N) is 2. The van der Waals surface area contributed by atoms with Crippen LogP contribution in [0.5, 0.6) is 0 Å². The number of amides is 2. The maximum absolute atomic E-state index is 12.9. The second-order valence-corrected chi connectivity index (χ2v) is 8.28. The zero-order valence-corrected chi connectivity index (χ0v) is 16.9. The van der Waals surface area contributed by atoms with Crippen molar-refractivity contribution in [2.75, 3.05) is 13.1 Å². The molecule has 0 saturated heterocycles. The maximum atomic E-state index is 12.9. The lowest BCUT2D eigenvalue weighted by atomic mass is 10.2. The van der Waals surface area contributed by atoms with E-state index in [4.69, 9.17) is 10.2 Å². The molecule has 11 nitrogen and oxygen atoms in total. The van der Waals surface area contributed by atoms with E-state index >= 15 is 0 Å².